The van der Waals surface area contributed by atoms with E-state index in [1.807, 2.05) is 7.05 Å². The maximum absolute atomic E-state index is 3.24. The molecule has 0 radical (unpaired) electrons. The summed E-state index contributed by atoms with van der Waals surface area (Å²) in [6.07, 6.45) is 4.35. The molecule has 1 heteroatoms. The Bertz CT molecular complexity index is 80.6. The maximum Gasteiger partial charge on any atom is -0.00210 e. The molecule has 0 heterocycles. The predicted molar refractivity (Wildman–Crippen MR) is 40.4 cm³/mol. The van der Waals surface area contributed by atoms with E-state index < -0.39 is 0 Å². The summed E-state index contributed by atoms with van der Waals surface area (Å²) in [6, 6.07) is 0. The van der Waals surface area contributed by atoms with Gasteiger partial charge >= 0.3 is 0 Å². The van der Waals surface area contributed by atoms with Crippen LogP contribution in [0.4, 0.5) is 0 Å². The molecule has 54 valence electrons. The first kappa shape index (κ1) is 7.07. The van der Waals surface area contributed by atoms with Crippen molar-refractivity contribution in [3.63, 3.8) is 0 Å². The van der Waals surface area contributed by atoms with Gasteiger partial charge in [0, 0.05) is 0 Å². The molecule has 2 unspecified atom stereocenters. The van der Waals surface area contributed by atoms with E-state index in [2.05, 4.69) is 12.2 Å². The molecule has 0 saturated heterocycles. The Kier molecular flexibility index (Phi) is 2.52. The summed E-state index contributed by atoms with van der Waals surface area (Å²) in [5.41, 5.74) is 0. The molecule has 0 aliphatic heterocycles. The highest BCUT2D eigenvalue weighted by Gasteiger charge is 2.21. The molecule has 1 saturated carbocycles. The fourth-order valence-corrected chi connectivity index (χ4v) is 1.79. The van der Waals surface area contributed by atoms with Crippen LogP contribution in [0.5, 0.6) is 0 Å². The second-order valence-electron chi connectivity index (χ2n) is 3.23. The van der Waals surface area contributed by atoms with Crippen molar-refractivity contribution in [2.45, 2.75) is 26.2 Å². The van der Waals surface area contributed by atoms with Crippen LogP contribution >= 0.6 is 0 Å². The lowest BCUT2D eigenvalue weighted by molar-refractivity contribution is 0.405. The Morgan fingerprint density at radius 1 is 1.44 bits per heavy atom. The summed E-state index contributed by atoms with van der Waals surface area (Å²) in [4.78, 5) is 0. The normalized spacial score (nSPS) is 35.3. The lowest BCUT2D eigenvalue weighted by atomic mass is 9.98. The van der Waals surface area contributed by atoms with Crippen molar-refractivity contribution in [1.82, 2.24) is 5.32 Å². The molecule has 9 heavy (non-hydrogen) atoms. The van der Waals surface area contributed by atoms with Crippen LogP contribution in [0, 0.1) is 11.8 Å². The standard InChI is InChI=1S/C8H17N/c1-7-4-3-5-8(7)6-9-2/h7-9H,3-6H2,1-2H3. The zero-order valence-corrected chi connectivity index (χ0v) is 6.48. The third-order valence-electron chi connectivity index (χ3n) is 2.51. The van der Waals surface area contributed by atoms with E-state index in [9.17, 15) is 0 Å². The van der Waals surface area contributed by atoms with Crippen molar-refractivity contribution in [3.05, 3.63) is 0 Å². The molecule has 0 amide bonds. The van der Waals surface area contributed by atoms with Gasteiger partial charge in [0.2, 0.25) is 0 Å². The molecule has 0 aromatic carbocycles. The summed E-state index contributed by atoms with van der Waals surface area (Å²) in [5.74, 6) is 1.94. The highest BCUT2D eigenvalue weighted by Crippen LogP contribution is 2.30. The fourth-order valence-electron chi connectivity index (χ4n) is 1.79. The SMILES string of the molecule is CNCC1CCCC1C. The summed E-state index contributed by atoms with van der Waals surface area (Å²) in [6.45, 7) is 3.59. The largest absolute Gasteiger partial charge is 0.319 e. The summed E-state index contributed by atoms with van der Waals surface area (Å²) in [5, 5.41) is 3.24. The molecule has 1 N–H and O–H groups in total. The minimum Gasteiger partial charge on any atom is -0.319 e. The quantitative estimate of drug-likeness (QED) is 0.594. The van der Waals surface area contributed by atoms with Crippen LogP contribution in [-0.2, 0) is 0 Å². The highest BCUT2D eigenvalue weighted by atomic mass is 14.8. The average molecular weight is 127 g/mol. The van der Waals surface area contributed by atoms with Gasteiger partial charge in [-0.15, -0.1) is 0 Å². The first-order valence-corrected chi connectivity index (χ1v) is 3.99. The van der Waals surface area contributed by atoms with Gasteiger partial charge in [-0.25, -0.2) is 0 Å². The highest BCUT2D eigenvalue weighted by molar-refractivity contribution is 4.74. The summed E-state index contributed by atoms with van der Waals surface area (Å²) in [7, 11) is 2.05. The van der Waals surface area contributed by atoms with Crippen LogP contribution in [0.2, 0.25) is 0 Å². The molecule has 0 bridgehead atoms. The molecule has 0 spiro atoms. The number of hydrogen-bond acceptors (Lipinski definition) is 1. The van der Waals surface area contributed by atoms with E-state index in [1.54, 1.807) is 0 Å². The Balaban J connectivity index is 2.22. The van der Waals surface area contributed by atoms with Gasteiger partial charge in [0.25, 0.3) is 0 Å². The van der Waals surface area contributed by atoms with Crippen molar-refractivity contribution in [1.29, 1.82) is 0 Å². The molecule has 0 aromatic heterocycles. The molecule has 1 aliphatic rings. The van der Waals surface area contributed by atoms with Crippen molar-refractivity contribution in [2.24, 2.45) is 11.8 Å². The third kappa shape index (κ3) is 1.68. The molecular formula is C8H17N. The summed E-state index contributed by atoms with van der Waals surface area (Å²) >= 11 is 0. The lowest BCUT2D eigenvalue weighted by Crippen LogP contribution is -2.20. The minimum atomic E-state index is 0.968. The topological polar surface area (TPSA) is 12.0 Å². The van der Waals surface area contributed by atoms with Crippen LogP contribution in [0.25, 0.3) is 0 Å². The Morgan fingerprint density at radius 2 is 2.22 bits per heavy atom. The van der Waals surface area contributed by atoms with Gasteiger partial charge in [-0.05, 0) is 31.8 Å². The molecular weight excluding hydrogens is 110 g/mol. The van der Waals surface area contributed by atoms with Crippen LogP contribution in [-0.4, -0.2) is 13.6 Å². The Hall–Kier alpha value is -0.0400. The van der Waals surface area contributed by atoms with Crippen molar-refractivity contribution in [3.8, 4) is 0 Å². The van der Waals surface area contributed by atoms with Crippen molar-refractivity contribution < 1.29 is 0 Å². The third-order valence-corrected chi connectivity index (χ3v) is 2.51. The predicted octanol–water partition coefficient (Wildman–Crippen LogP) is 1.64. The van der Waals surface area contributed by atoms with Gasteiger partial charge in [0.05, 0.1) is 0 Å². The number of rotatable bonds is 2. The fraction of sp³-hybridized carbons (Fsp3) is 1.00. The molecule has 1 fully saturated rings. The van der Waals surface area contributed by atoms with Crippen molar-refractivity contribution >= 4 is 0 Å². The minimum absolute atomic E-state index is 0.968. The Morgan fingerprint density at radius 3 is 2.67 bits per heavy atom. The van der Waals surface area contributed by atoms with Gasteiger partial charge in [0.15, 0.2) is 0 Å². The van der Waals surface area contributed by atoms with E-state index in [4.69, 9.17) is 0 Å². The van der Waals surface area contributed by atoms with Crippen LogP contribution in [0.1, 0.15) is 26.2 Å². The van der Waals surface area contributed by atoms with Crippen molar-refractivity contribution in [2.75, 3.05) is 13.6 Å². The van der Waals surface area contributed by atoms with Gasteiger partial charge in [-0.2, -0.15) is 0 Å². The second kappa shape index (κ2) is 3.21. The van der Waals surface area contributed by atoms with Gasteiger partial charge < -0.3 is 5.32 Å². The van der Waals surface area contributed by atoms with E-state index in [0.717, 1.165) is 11.8 Å². The van der Waals surface area contributed by atoms with Gasteiger partial charge in [-0.1, -0.05) is 19.8 Å². The molecule has 1 nitrogen and oxygen atoms in total. The maximum atomic E-state index is 3.24. The van der Waals surface area contributed by atoms with E-state index in [-0.39, 0.29) is 0 Å². The molecule has 2 atom stereocenters. The second-order valence-corrected chi connectivity index (χ2v) is 3.23. The number of hydrogen-bond donors (Lipinski definition) is 1. The van der Waals surface area contributed by atoms with E-state index in [1.165, 1.54) is 25.8 Å². The zero-order chi connectivity index (χ0) is 6.69. The van der Waals surface area contributed by atoms with Crippen LogP contribution in [0.15, 0.2) is 0 Å². The first-order chi connectivity index (χ1) is 4.34. The van der Waals surface area contributed by atoms with Crippen LogP contribution < -0.4 is 5.32 Å². The molecule has 1 rings (SSSR count). The van der Waals surface area contributed by atoms with Gasteiger partial charge in [-0.3, -0.25) is 0 Å². The average Bonchev–Trinajstić information content (AvgIpc) is 2.18. The zero-order valence-electron chi connectivity index (χ0n) is 6.48. The van der Waals surface area contributed by atoms with Gasteiger partial charge in [0.1, 0.15) is 0 Å². The van der Waals surface area contributed by atoms with E-state index >= 15 is 0 Å². The smallest absolute Gasteiger partial charge is 0.00210 e. The molecule has 1 aliphatic carbocycles. The lowest BCUT2D eigenvalue weighted by Gasteiger charge is -2.13. The van der Waals surface area contributed by atoms with Crippen LogP contribution in [0.3, 0.4) is 0 Å². The summed E-state index contributed by atoms with van der Waals surface area (Å²) < 4.78 is 0. The first-order valence-electron chi connectivity index (χ1n) is 3.99. The molecule has 0 aromatic rings. The number of nitrogens with one attached hydrogen (secondary N) is 1. The monoisotopic (exact) mass is 127 g/mol. The Labute approximate surface area is 57.8 Å². The van der Waals surface area contributed by atoms with E-state index in [0.29, 0.717) is 0 Å².